The summed E-state index contributed by atoms with van der Waals surface area (Å²) in [7, 11) is 0. The molecule has 2 N–H and O–H groups in total. The first-order valence-corrected chi connectivity index (χ1v) is 7.54. The van der Waals surface area contributed by atoms with Gasteiger partial charge in [0.1, 0.15) is 0 Å². The van der Waals surface area contributed by atoms with E-state index in [1.54, 1.807) is 0 Å². The summed E-state index contributed by atoms with van der Waals surface area (Å²) in [5, 5.41) is 2.35. The molecule has 0 amide bonds. The topological polar surface area (TPSA) is 26.0 Å². The molecule has 0 spiro atoms. The van der Waals surface area contributed by atoms with Gasteiger partial charge in [-0.2, -0.15) is 0 Å². The zero-order chi connectivity index (χ0) is 15.1. The van der Waals surface area contributed by atoms with Gasteiger partial charge in [-0.15, -0.1) is 0 Å². The van der Waals surface area contributed by atoms with Crippen LogP contribution in [0.5, 0.6) is 0 Å². The van der Waals surface area contributed by atoms with E-state index in [1.165, 1.54) is 10.9 Å². The van der Waals surface area contributed by atoms with Crippen molar-refractivity contribution in [3.8, 4) is 0 Å². The minimum absolute atomic E-state index is 0.0631. The lowest BCUT2D eigenvalue weighted by atomic mass is 9.67. The van der Waals surface area contributed by atoms with Crippen molar-refractivity contribution >= 4 is 10.8 Å². The van der Waals surface area contributed by atoms with Crippen LogP contribution in [0.4, 0.5) is 8.78 Å². The Bertz CT molecular complexity index is 653. The molecule has 3 heteroatoms. The summed E-state index contributed by atoms with van der Waals surface area (Å²) in [6, 6.07) is 12.4. The molecule has 1 fully saturated rings. The van der Waals surface area contributed by atoms with Crippen molar-refractivity contribution in [1.29, 1.82) is 0 Å². The van der Waals surface area contributed by atoms with Gasteiger partial charge in [0.2, 0.25) is 5.92 Å². The Labute approximate surface area is 124 Å². The van der Waals surface area contributed by atoms with Gasteiger partial charge in [0.15, 0.2) is 0 Å². The van der Waals surface area contributed by atoms with E-state index >= 15 is 0 Å². The fourth-order valence-corrected chi connectivity index (χ4v) is 3.59. The standard InChI is InChI=1S/C18H21F2N/c1-13-6-7-16(15-5-3-2-4-14(13)15)17(12-21)8-10-18(19,20)11-9-17/h2-7H,8-12,21H2,1H3. The maximum absolute atomic E-state index is 13.5. The first-order chi connectivity index (χ1) is 9.97. The second-order valence-electron chi connectivity index (χ2n) is 6.32. The van der Waals surface area contributed by atoms with Crippen LogP contribution < -0.4 is 5.73 Å². The number of rotatable bonds is 2. The average Bonchev–Trinajstić information content (AvgIpc) is 2.49. The van der Waals surface area contributed by atoms with Crippen LogP contribution in [-0.2, 0) is 5.41 Å². The highest BCUT2D eigenvalue weighted by Crippen LogP contribution is 2.46. The van der Waals surface area contributed by atoms with Crippen molar-refractivity contribution in [3.05, 3.63) is 47.5 Å². The van der Waals surface area contributed by atoms with Crippen molar-refractivity contribution in [2.24, 2.45) is 5.73 Å². The SMILES string of the molecule is Cc1ccc(C2(CN)CCC(F)(F)CC2)c2ccccc12. The molecule has 21 heavy (non-hydrogen) atoms. The van der Waals surface area contributed by atoms with Crippen molar-refractivity contribution in [2.75, 3.05) is 6.54 Å². The fourth-order valence-electron chi connectivity index (χ4n) is 3.59. The van der Waals surface area contributed by atoms with E-state index in [4.69, 9.17) is 5.73 Å². The van der Waals surface area contributed by atoms with Crippen LogP contribution in [0.25, 0.3) is 10.8 Å². The molecule has 112 valence electrons. The highest BCUT2D eigenvalue weighted by atomic mass is 19.3. The lowest BCUT2D eigenvalue weighted by Gasteiger charge is -2.40. The second-order valence-corrected chi connectivity index (χ2v) is 6.32. The summed E-state index contributed by atoms with van der Waals surface area (Å²) in [5.41, 5.74) is 8.08. The number of aryl methyl sites for hydroxylation is 1. The van der Waals surface area contributed by atoms with Crippen LogP contribution in [0.15, 0.2) is 36.4 Å². The molecule has 0 heterocycles. The van der Waals surface area contributed by atoms with Gasteiger partial charge in [0, 0.05) is 24.8 Å². The van der Waals surface area contributed by atoms with Gasteiger partial charge in [-0.1, -0.05) is 36.4 Å². The quantitative estimate of drug-likeness (QED) is 0.862. The third-order valence-corrected chi connectivity index (χ3v) is 5.04. The minimum atomic E-state index is -2.53. The van der Waals surface area contributed by atoms with Crippen LogP contribution in [0.3, 0.4) is 0 Å². The molecule has 0 aliphatic heterocycles. The molecule has 1 aliphatic carbocycles. The number of alkyl halides is 2. The summed E-state index contributed by atoms with van der Waals surface area (Å²) in [6.45, 7) is 2.51. The van der Waals surface area contributed by atoms with Gasteiger partial charge in [0.05, 0.1) is 0 Å². The molecule has 0 unspecified atom stereocenters. The number of hydrogen-bond donors (Lipinski definition) is 1. The molecule has 3 rings (SSSR count). The van der Waals surface area contributed by atoms with Gasteiger partial charge >= 0.3 is 0 Å². The van der Waals surface area contributed by atoms with Crippen LogP contribution in [0.2, 0.25) is 0 Å². The average molecular weight is 289 g/mol. The van der Waals surface area contributed by atoms with E-state index in [-0.39, 0.29) is 18.3 Å². The molecule has 0 atom stereocenters. The third kappa shape index (κ3) is 2.44. The first kappa shape index (κ1) is 14.5. The number of benzene rings is 2. The zero-order valence-corrected chi connectivity index (χ0v) is 12.3. The Balaban J connectivity index is 2.12. The molecule has 2 aromatic rings. The maximum Gasteiger partial charge on any atom is 0.248 e. The summed E-state index contributed by atoms with van der Waals surface area (Å²) in [5.74, 6) is -2.53. The van der Waals surface area contributed by atoms with Crippen molar-refractivity contribution in [3.63, 3.8) is 0 Å². The number of hydrogen-bond acceptors (Lipinski definition) is 1. The van der Waals surface area contributed by atoms with E-state index in [0.717, 1.165) is 10.9 Å². The van der Waals surface area contributed by atoms with Crippen LogP contribution in [0.1, 0.15) is 36.8 Å². The molecule has 0 aromatic heterocycles. The van der Waals surface area contributed by atoms with E-state index in [2.05, 4.69) is 31.2 Å². The van der Waals surface area contributed by atoms with E-state index in [9.17, 15) is 8.78 Å². The molecule has 2 aromatic carbocycles. The molecule has 0 radical (unpaired) electrons. The molecule has 1 aliphatic rings. The summed E-state index contributed by atoms with van der Waals surface area (Å²) in [4.78, 5) is 0. The van der Waals surface area contributed by atoms with Crippen molar-refractivity contribution < 1.29 is 8.78 Å². The van der Waals surface area contributed by atoms with Gasteiger partial charge in [-0.05, 0) is 41.7 Å². The first-order valence-electron chi connectivity index (χ1n) is 7.54. The van der Waals surface area contributed by atoms with Gasteiger partial charge in [-0.25, -0.2) is 8.78 Å². The fraction of sp³-hybridized carbons (Fsp3) is 0.444. The van der Waals surface area contributed by atoms with Crippen molar-refractivity contribution in [1.82, 2.24) is 0 Å². The Kier molecular flexibility index (Phi) is 3.48. The van der Waals surface area contributed by atoms with Crippen LogP contribution >= 0.6 is 0 Å². The van der Waals surface area contributed by atoms with Gasteiger partial charge < -0.3 is 5.73 Å². The Morgan fingerprint density at radius 1 is 0.952 bits per heavy atom. The predicted octanol–water partition coefficient (Wildman–Crippen LogP) is 4.55. The highest BCUT2D eigenvalue weighted by Gasteiger charge is 2.44. The number of nitrogens with two attached hydrogens (primary N) is 1. The van der Waals surface area contributed by atoms with Gasteiger partial charge in [-0.3, -0.25) is 0 Å². The van der Waals surface area contributed by atoms with Crippen LogP contribution in [-0.4, -0.2) is 12.5 Å². The Morgan fingerprint density at radius 3 is 2.19 bits per heavy atom. The number of halogens is 2. The van der Waals surface area contributed by atoms with E-state index < -0.39 is 5.92 Å². The summed E-state index contributed by atoms with van der Waals surface area (Å²) in [6.07, 6.45) is 0.798. The largest absolute Gasteiger partial charge is 0.330 e. The number of fused-ring (bicyclic) bond motifs is 1. The predicted molar refractivity (Wildman–Crippen MR) is 82.8 cm³/mol. The minimum Gasteiger partial charge on any atom is -0.330 e. The molecular formula is C18H21F2N. The van der Waals surface area contributed by atoms with Crippen LogP contribution in [0, 0.1) is 6.92 Å². The highest BCUT2D eigenvalue weighted by molar-refractivity contribution is 5.89. The lowest BCUT2D eigenvalue weighted by molar-refractivity contribution is -0.0507. The smallest absolute Gasteiger partial charge is 0.248 e. The Hall–Kier alpha value is -1.48. The van der Waals surface area contributed by atoms with Crippen molar-refractivity contribution in [2.45, 2.75) is 43.9 Å². The molecule has 0 bridgehead atoms. The molecule has 1 nitrogen and oxygen atoms in total. The monoisotopic (exact) mass is 289 g/mol. The second kappa shape index (κ2) is 5.06. The Morgan fingerprint density at radius 2 is 1.57 bits per heavy atom. The molecule has 1 saturated carbocycles. The molecular weight excluding hydrogens is 268 g/mol. The summed E-state index contributed by atoms with van der Waals surface area (Å²) < 4.78 is 27.1. The zero-order valence-electron chi connectivity index (χ0n) is 12.3. The summed E-state index contributed by atoms with van der Waals surface area (Å²) >= 11 is 0. The van der Waals surface area contributed by atoms with Gasteiger partial charge in [0.25, 0.3) is 0 Å². The third-order valence-electron chi connectivity index (χ3n) is 5.04. The normalized spacial score (nSPS) is 20.6. The maximum atomic E-state index is 13.5. The molecule has 0 saturated heterocycles. The van der Waals surface area contributed by atoms with E-state index in [0.29, 0.717) is 19.4 Å². The lowest BCUT2D eigenvalue weighted by Crippen LogP contribution is -2.42. The van der Waals surface area contributed by atoms with E-state index in [1.807, 2.05) is 12.1 Å².